The molecule has 22 heavy (non-hydrogen) atoms. The molecule has 1 aromatic carbocycles. The van der Waals surface area contributed by atoms with Gasteiger partial charge in [-0.3, -0.25) is 9.52 Å². The van der Waals surface area contributed by atoms with Gasteiger partial charge < -0.3 is 4.74 Å². The molecule has 0 unspecified atom stereocenters. The van der Waals surface area contributed by atoms with Crippen LogP contribution in [-0.2, 0) is 19.6 Å². The lowest BCUT2D eigenvalue weighted by Crippen LogP contribution is -2.33. The normalized spacial score (nSPS) is 11.8. The summed E-state index contributed by atoms with van der Waals surface area (Å²) in [4.78, 5) is 11.7. The quantitative estimate of drug-likeness (QED) is 0.480. The zero-order valence-electron chi connectivity index (χ0n) is 13.2. The largest absolute Gasteiger partial charge is 0.469 e. The summed E-state index contributed by atoms with van der Waals surface area (Å²) in [5, 5.41) is 0. The Morgan fingerprint density at radius 1 is 1.23 bits per heavy atom. The lowest BCUT2D eigenvalue weighted by atomic mass is 10.2. The summed E-state index contributed by atoms with van der Waals surface area (Å²) in [6.45, 7) is 8.07. The van der Waals surface area contributed by atoms with E-state index < -0.39 is 24.1 Å². The third-order valence-corrected chi connectivity index (χ3v) is 5.34. The summed E-state index contributed by atoms with van der Waals surface area (Å²) in [6.07, 6.45) is 0.143. The molecule has 1 rings (SSSR count). The maximum atomic E-state index is 12.1. The molecule has 0 spiro atoms. The second-order valence-electron chi connectivity index (χ2n) is 6.24. The van der Waals surface area contributed by atoms with Crippen molar-refractivity contribution in [2.75, 3.05) is 6.23 Å². The van der Waals surface area contributed by atoms with Crippen molar-refractivity contribution in [1.82, 2.24) is 4.72 Å². The van der Waals surface area contributed by atoms with E-state index in [9.17, 15) is 13.2 Å². The third-order valence-electron chi connectivity index (χ3n) is 2.55. The number of aryl methyl sites for hydroxylation is 1. The smallest absolute Gasteiger partial charge is 0.312 e. The molecule has 0 bridgehead atoms. The SMILES string of the molecule is Cc1ccc(S(=O)(=O)NC(=S)CC(=O)OC[Si](C)(C)C)cc1. The zero-order valence-corrected chi connectivity index (χ0v) is 15.8. The number of esters is 1. The first-order chi connectivity index (χ1) is 9.99. The number of ether oxygens (including phenoxy) is 1. The summed E-state index contributed by atoms with van der Waals surface area (Å²) < 4.78 is 31.6. The summed E-state index contributed by atoms with van der Waals surface area (Å²) in [6, 6.07) is 6.37. The fourth-order valence-electron chi connectivity index (χ4n) is 1.44. The first kappa shape index (κ1) is 18.8. The fraction of sp³-hybridized carbons (Fsp3) is 0.429. The van der Waals surface area contributed by atoms with Gasteiger partial charge in [0, 0.05) is 0 Å². The molecular formula is C14H21NO4S2Si. The number of sulfonamides is 1. The molecule has 0 aliphatic heterocycles. The molecule has 0 saturated carbocycles. The highest BCUT2D eigenvalue weighted by molar-refractivity contribution is 7.91. The second-order valence-corrected chi connectivity index (χ2v) is 13.8. The number of thiocarbonyl (C=S) groups is 1. The highest BCUT2D eigenvalue weighted by atomic mass is 32.2. The number of nitrogens with one attached hydrogen (secondary N) is 1. The van der Waals surface area contributed by atoms with Crippen molar-refractivity contribution in [1.29, 1.82) is 0 Å². The molecule has 0 saturated heterocycles. The monoisotopic (exact) mass is 359 g/mol. The lowest BCUT2D eigenvalue weighted by molar-refractivity contribution is -0.140. The molecule has 1 aromatic rings. The van der Waals surface area contributed by atoms with Crippen LogP contribution in [0.25, 0.3) is 0 Å². The maximum absolute atomic E-state index is 12.1. The van der Waals surface area contributed by atoms with Crippen molar-refractivity contribution in [3.8, 4) is 0 Å². The van der Waals surface area contributed by atoms with E-state index in [0.29, 0.717) is 6.23 Å². The fourth-order valence-corrected chi connectivity index (χ4v) is 3.47. The van der Waals surface area contributed by atoms with Crippen molar-refractivity contribution in [3.05, 3.63) is 29.8 Å². The summed E-state index contributed by atoms with van der Waals surface area (Å²) in [7, 11) is -5.26. The van der Waals surface area contributed by atoms with Gasteiger partial charge in [-0.2, -0.15) is 0 Å². The molecule has 0 heterocycles. The number of carbonyl (C=O) groups excluding carboxylic acids is 1. The van der Waals surface area contributed by atoms with Crippen LogP contribution in [0.15, 0.2) is 29.2 Å². The molecule has 0 atom stereocenters. The van der Waals surface area contributed by atoms with Crippen LogP contribution in [-0.4, -0.2) is 33.7 Å². The zero-order chi connectivity index (χ0) is 17.0. The van der Waals surface area contributed by atoms with E-state index in [1.807, 2.05) is 6.92 Å². The Labute approximate surface area is 138 Å². The molecule has 0 fully saturated rings. The van der Waals surface area contributed by atoms with Gasteiger partial charge in [-0.1, -0.05) is 49.6 Å². The molecule has 0 aromatic heterocycles. The van der Waals surface area contributed by atoms with Crippen LogP contribution < -0.4 is 4.72 Å². The molecule has 1 N–H and O–H groups in total. The van der Waals surface area contributed by atoms with Crippen molar-refractivity contribution in [3.63, 3.8) is 0 Å². The first-order valence-electron chi connectivity index (χ1n) is 6.77. The van der Waals surface area contributed by atoms with Crippen LogP contribution in [0.2, 0.25) is 19.6 Å². The molecule has 0 radical (unpaired) electrons. The summed E-state index contributed by atoms with van der Waals surface area (Å²) in [5.74, 6) is -0.515. The van der Waals surface area contributed by atoms with Gasteiger partial charge in [0.25, 0.3) is 10.0 Å². The van der Waals surface area contributed by atoms with Gasteiger partial charge in [0.05, 0.1) is 25.6 Å². The molecular weight excluding hydrogens is 338 g/mol. The Balaban J connectivity index is 2.60. The standard InChI is InChI=1S/C14H21NO4S2Si/c1-11-5-7-12(8-6-11)21(17,18)15-13(20)9-14(16)19-10-22(2,3)4/h5-8H,9-10H2,1-4H3,(H,15,20). The topological polar surface area (TPSA) is 72.5 Å². The Kier molecular flexibility index (Phi) is 6.27. The predicted octanol–water partition coefficient (Wildman–Crippen LogP) is 2.41. The summed E-state index contributed by atoms with van der Waals surface area (Å²) in [5.41, 5.74) is 0.955. The van der Waals surface area contributed by atoms with Crippen LogP contribution in [0.3, 0.4) is 0 Å². The summed E-state index contributed by atoms with van der Waals surface area (Å²) >= 11 is 4.93. The van der Waals surface area contributed by atoms with Gasteiger partial charge in [-0.15, -0.1) is 0 Å². The van der Waals surface area contributed by atoms with Gasteiger partial charge in [-0.05, 0) is 19.1 Å². The predicted molar refractivity (Wildman–Crippen MR) is 93.0 cm³/mol. The molecule has 5 nitrogen and oxygen atoms in total. The Morgan fingerprint density at radius 2 is 1.77 bits per heavy atom. The van der Waals surface area contributed by atoms with Crippen LogP contribution in [0.5, 0.6) is 0 Å². The van der Waals surface area contributed by atoms with E-state index in [1.165, 1.54) is 12.1 Å². The number of hydrogen-bond donors (Lipinski definition) is 1. The molecule has 0 aliphatic rings. The number of carbonyl (C=O) groups is 1. The van der Waals surface area contributed by atoms with E-state index in [-0.39, 0.29) is 16.3 Å². The minimum atomic E-state index is -3.76. The van der Waals surface area contributed by atoms with Gasteiger partial charge in [-0.25, -0.2) is 8.42 Å². The van der Waals surface area contributed by atoms with Gasteiger partial charge in [0.2, 0.25) is 0 Å². The van der Waals surface area contributed by atoms with Crippen LogP contribution in [0.1, 0.15) is 12.0 Å². The number of benzene rings is 1. The average molecular weight is 360 g/mol. The molecule has 8 heteroatoms. The lowest BCUT2D eigenvalue weighted by Gasteiger charge is -2.16. The van der Waals surface area contributed by atoms with E-state index in [2.05, 4.69) is 24.4 Å². The van der Waals surface area contributed by atoms with Gasteiger partial charge >= 0.3 is 5.97 Å². The highest BCUT2D eigenvalue weighted by Gasteiger charge is 2.20. The minimum absolute atomic E-state index is 0.0684. The number of hydrogen-bond acceptors (Lipinski definition) is 5. The Hall–Kier alpha value is -1.25. The average Bonchev–Trinajstić information content (AvgIpc) is 2.35. The second kappa shape index (κ2) is 7.34. The van der Waals surface area contributed by atoms with E-state index >= 15 is 0 Å². The van der Waals surface area contributed by atoms with Crippen LogP contribution in [0.4, 0.5) is 0 Å². The van der Waals surface area contributed by atoms with E-state index in [0.717, 1.165) is 5.56 Å². The molecule has 122 valence electrons. The minimum Gasteiger partial charge on any atom is -0.469 e. The van der Waals surface area contributed by atoms with Crippen molar-refractivity contribution < 1.29 is 17.9 Å². The van der Waals surface area contributed by atoms with Crippen molar-refractivity contribution >= 4 is 41.3 Å². The van der Waals surface area contributed by atoms with E-state index in [1.54, 1.807) is 12.1 Å². The van der Waals surface area contributed by atoms with Crippen molar-refractivity contribution in [2.45, 2.75) is 37.9 Å². The maximum Gasteiger partial charge on any atom is 0.312 e. The molecule has 0 amide bonds. The highest BCUT2D eigenvalue weighted by Crippen LogP contribution is 2.10. The number of rotatable bonds is 6. The van der Waals surface area contributed by atoms with Crippen LogP contribution >= 0.6 is 12.2 Å². The van der Waals surface area contributed by atoms with E-state index in [4.69, 9.17) is 17.0 Å². The van der Waals surface area contributed by atoms with Crippen LogP contribution in [0, 0.1) is 6.92 Å². The Bertz CT molecular complexity index is 648. The molecule has 0 aliphatic carbocycles. The first-order valence-corrected chi connectivity index (χ1v) is 12.4. The third kappa shape index (κ3) is 6.67. The van der Waals surface area contributed by atoms with Crippen molar-refractivity contribution in [2.24, 2.45) is 0 Å². The Morgan fingerprint density at radius 3 is 2.27 bits per heavy atom. The van der Waals surface area contributed by atoms with Gasteiger partial charge in [0.1, 0.15) is 4.99 Å². The van der Waals surface area contributed by atoms with Gasteiger partial charge in [0.15, 0.2) is 0 Å².